The molecule has 4 saturated carbocycles. The van der Waals surface area contributed by atoms with Crippen molar-refractivity contribution in [2.75, 3.05) is 16.8 Å². The fourth-order valence-electron chi connectivity index (χ4n) is 14.0. The maximum absolute atomic E-state index is 15.4. The predicted octanol–water partition coefficient (Wildman–Crippen LogP) is 18.8. The van der Waals surface area contributed by atoms with Gasteiger partial charge in [0.25, 0.3) is 11.8 Å². The third kappa shape index (κ3) is 10.2. The lowest BCUT2D eigenvalue weighted by Gasteiger charge is -2.29. The molecular weight excluding hydrogens is 962 g/mol. The van der Waals surface area contributed by atoms with E-state index in [-0.39, 0.29) is 27.3 Å². The van der Waals surface area contributed by atoms with Crippen LogP contribution >= 0.6 is 0 Å². The van der Waals surface area contributed by atoms with Crippen molar-refractivity contribution in [3.8, 4) is 0 Å². The van der Waals surface area contributed by atoms with Crippen LogP contribution in [0.25, 0.3) is 11.4 Å². The van der Waals surface area contributed by atoms with E-state index in [4.69, 9.17) is 0 Å². The standard InChI is InChI=1S/C68H71F3N4O2/c1-72-64(54-30-42-60(43-31-54)73(56-34-22-50(23-35-56)46-14-6-2-7-15-46)57-36-24-51(25-37-57)47-16-8-3-9-17-47)62-63(66(72)76)65(75(67(62)77)68(69,70)71)55-32-44-61(45-33-55)74(58-38-26-52(27-39-58)48-18-10-4-11-19-48)59-40-28-53(29-41-59)49-20-12-5-13-21-49/h22-49H,2-21H2,1H3. The van der Waals surface area contributed by atoms with Crippen molar-refractivity contribution in [3.63, 3.8) is 0 Å². The monoisotopic (exact) mass is 1030 g/mol. The first-order valence-electron chi connectivity index (χ1n) is 29.0. The molecule has 2 heterocycles. The van der Waals surface area contributed by atoms with Crippen molar-refractivity contribution in [3.05, 3.63) is 190 Å². The van der Waals surface area contributed by atoms with Gasteiger partial charge in [-0.15, -0.1) is 13.2 Å². The van der Waals surface area contributed by atoms with Gasteiger partial charge in [0.05, 0.1) is 22.5 Å². The molecule has 0 radical (unpaired) electrons. The summed E-state index contributed by atoms with van der Waals surface area (Å²) < 4.78 is 46.3. The van der Waals surface area contributed by atoms with Crippen LogP contribution in [0.2, 0.25) is 0 Å². The Morgan fingerprint density at radius 3 is 0.870 bits per heavy atom. The fourth-order valence-corrected chi connectivity index (χ4v) is 14.0. The molecular formula is C68H71F3N4O2. The number of carbonyl (C=O) groups is 2. The van der Waals surface area contributed by atoms with Gasteiger partial charge in [0.2, 0.25) is 0 Å². The van der Waals surface area contributed by atoms with Crippen LogP contribution in [0.15, 0.2) is 157 Å². The topological polar surface area (TPSA) is 47.1 Å². The second-order valence-electron chi connectivity index (χ2n) is 22.9. The number of anilines is 6. The molecule has 0 saturated heterocycles. The Morgan fingerprint density at radius 1 is 0.351 bits per heavy atom. The van der Waals surface area contributed by atoms with Gasteiger partial charge in [0, 0.05) is 41.2 Å². The van der Waals surface area contributed by atoms with Crippen LogP contribution in [-0.2, 0) is 9.59 Å². The Kier molecular flexibility index (Phi) is 14.5. The largest absolute Gasteiger partial charge is 0.491 e. The Balaban J connectivity index is 0.889. The average Bonchev–Trinajstić information content (AvgIpc) is 4.01. The molecule has 12 rings (SSSR count). The molecule has 6 nitrogen and oxygen atoms in total. The van der Waals surface area contributed by atoms with E-state index in [2.05, 4.69) is 107 Å². The van der Waals surface area contributed by atoms with Gasteiger partial charge in [-0.2, -0.15) is 0 Å². The zero-order chi connectivity index (χ0) is 52.6. The maximum atomic E-state index is 15.4. The first-order valence-corrected chi connectivity index (χ1v) is 29.0. The van der Waals surface area contributed by atoms with Gasteiger partial charge in [-0.1, -0.05) is 150 Å². The molecule has 4 aliphatic carbocycles. The van der Waals surface area contributed by atoms with Gasteiger partial charge in [-0.05, 0) is 181 Å². The first-order chi connectivity index (χ1) is 37.6. The van der Waals surface area contributed by atoms with E-state index in [9.17, 15) is 9.59 Å². The summed E-state index contributed by atoms with van der Waals surface area (Å²) >= 11 is 0. The summed E-state index contributed by atoms with van der Waals surface area (Å²) in [6, 6.07) is 49.6. The number of rotatable bonds is 12. The van der Waals surface area contributed by atoms with Crippen LogP contribution < -0.4 is 9.80 Å². The second-order valence-corrected chi connectivity index (χ2v) is 22.9. The minimum Gasteiger partial charge on any atom is -0.311 e. The quantitative estimate of drug-likeness (QED) is 0.115. The average molecular weight is 1030 g/mol. The van der Waals surface area contributed by atoms with Gasteiger partial charge >= 0.3 is 6.30 Å². The third-order valence-corrected chi connectivity index (χ3v) is 18.2. The molecule has 6 aliphatic rings. The van der Waals surface area contributed by atoms with Crippen LogP contribution in [0.3, 0.4) is 0 Å². The molecule has 9 heteroatoms. The van der Waals surface area contributed by atoms with Crippen molar-refractivity contribution < 1.29 is 22.8 Å². The van der Waals surface area contributed by atoms with Crippen LogP contribution in [-0.4, -0.2) is 35.0 Å². The van der Waals surface area contributed by atoms with Crippen LogP contribution in [0.5, 0.6) is 0 Å². The number of alkyl halides is 3. The number of benzene rings is 6. The van der Waals surface area contributed by atoms with Crippen molar-refractivity contribution in [2.24, 2.45) is 0 Å². The normalized spacial score (nSPS) is 19.4. The van der Waals surface area contributed by atoms with E-state index in [0.29, 0.717) is 29.2 Å². The Bertz CT molecular complexity index is 3000. The molecule has 6 aromatic carbocycles. The third-order valence-electron chi connectivity index (χ3n) is 18.2. The molecule has 0 bridgehead atoms. The van der Waals surface area contributed by atoms with E-state index < -0.39 is 23.8 Å². The zero-order valence-corrected chi connectivity index (χ0v) is 44.5. The molecule has 0 unspecified atom stereocenters. The lowest BCUT2D eigenvalue weighted by atomic mass is 9.84. The van der Waals surface area contributed by atoms with Crippen molar-refractivity contribution in [1.82, 2.24) is 9.80 Å². The molecule has 4 fully saturated rings. The van der Waals surface area contributed by atoms with E-state index in [1.807, 2.05) is 24.3 Å². The summed E-state index contributed by atoms with van der Waals surface area (Å²) in [5.74, 6) is 0.289. The smallest absolute Gasteiger partial charge is 0.311 e. The van der Waals surface area contributed by atoms with Gasteiger partial charge in [0.1, 0.15) is 0 Å². The van der Waals surface area contributed by atoms with Gasteiger partial charge in [0.15, 0.2) is 0 Å². The summed E-state index contributed by atoms with van der Waals surface area (Å²) in [6.45, 7) is 0. The van der Waals surface area contributed by atoms with Crippen molar-refractivity contribution >= 4 is 57.3 Å². The highest BCUT2D eigenvalue weighted by atomic mass is 19.4. The molecule has 0 N–H and O–H groups in total. The Labute approximate surface area is 453 Å². The van der Waals surface area contributed by atoms with Crippen LogP contribution in [0, 0.1) is 0 Å². The summed E-state index contributed by atoms with van der Waals surface area (Å²) in [5, 5.41) is 0. The van der Waals surface area contributed by atoms with E-state index >= 15 is 13.2 Å². The number of hydrogen-bond acceptors (Lipinski definition) is 4. The summed E-state index contributed by atoms with van der Waals surface area (Å²) in [5.41, 5.74) is 10.7. The number of hydrogen-bond donors (Lipinski definition) is 0. The molecule has 396 valence electrons. The summed E-state index contributed by atoms with van der Waals surface area (Å²) in [4.78, 5) is 34.5. The lowest BCUT2D eigenvalue weighted by Crippen LogP contribution is -2.39. The lowest BCUT2D eigenvalue weighted by molar-refractivity contribution is -0.217. The fraction of sp³-hybridized carbons (Fsp3) is 0.382. The molecule has 77 heavy (non-hydrogen) atoms. The Morgan fingerprint density at radius 2 is 0.597 bits per heavy atom. The number of nitrogens with zero attached hydrogens (tertiary/aromatic N) is 4. The molecule has 2 aliphatic heterocycles. The molecule has 6 aromatic rings. The van der Waals surface area contributed by atoms with E-state index in [1.165, 1.54) is 156 Å². The molecule has 0 aromatic heterocycles. The van der Waals surface area contributed by atoms with Gasteiger partial charge in [-0.25, -0.2) is 4.90 Å². The second kappa shape index (κ2) is 21.9. The summed E-state index contributed by atoms with van der Waals surface area (Å²) in [7, 11) is 1.54. The predicted molar refractivity (Wildman–Crippen MR) is 305 cm³/mol. The zero-order valence-electron chi connectivity index (χ0n) is 44.5. The number of likely N-dealkylation sites (N-methyl/N-ethyl adjacent to an activating group) is 1. The minimum absolute atomic E-state index is 0.127. The number of fused-ring (bicyclic) bond motifs is 1. The van der Waals surface area contributed by atoms with Crippen LogP contribution in [0.4, 0.5) is 47.3 Å². The number of carbonyl (C=O) groups excluding carboxylic acids is 2. The molecule has 2 amide bonds. The van der Waals surface area contributed by atoms with E-state index in [0.717, 1.165) is 34.1 Å². The molecule has 0 spiro atoms. The van der Waals surface area contributed by atoms with Gasteiger partial charge in [-0.3, -0.25) is 9.59 Å². The highest BCUT2D eigenvalue weighted by Crippen LogP contribution is 2.51. The van der Waals surface area contributed by atoms with Crippen LogP contribution in [0.1, 0.15) is 185 Å². The van der Waals surface area contributed by atoms with Gasteiger partial charge < -0.3 is 14.7 Å². The highest BCUT2D eigenvalue weighted by molar-refractivity contribution is 6.30. The SMILES string of the molecule is CN1C(=O)C2=C(c3ccc(N(c4ccc(C5CCCCC5)cc4)c4ccc(C5CCCCC5)cc4)cc3)N(C(F)(F)F)C(=O)C2=C1c1ccc(N(c2ccc(C3CCCCC3)cc2)c2ccc(C3CCCCC3)cc2)cc1. The molecule has 0 atom stereocenters. The van der Waals surface area contributed by atoms with Crippen molar-refractivity contribution in [1.29, 1.82) is 0 Å². The van der Waals surface area contributed by atoms with Crippen molar-refractivity contribution in [2.45, 2.75) is 158 Å². The maximum Gasteiger partial charge on any atom is 0.491 e. The van der Waals surface area contributed by atoms with E-state index in [1.54, 1.807) is 31.3 Å². The summed E-state index contributed by atoms with van der Waals surface area (Å²) in [6.07, 6.45) is 19.6. The highest BCUT2D eigenvalue weighted by Gasteiger charge is 2.56. The first kappa shape index (κ1) is 50.9. The minimum atomic E-state index is -5.10. The Hall–Kier alpha value is -6.87. The number of halogens is 3. The number of amides is 2.